The van der Waals surface area contributed by atoms with Gasteiger partial charge in [-0.25, -0.2) is 4.57 Å². The molecule has 0 rings (SSSR count). The summed E-state index contributed by atoms with van der Waals surface area (Å²) in [7, 11) is -4.41. The highest BCUT2D eigenvalue weighted by Gasteiger charge is 2.26. The molecule has 0 radical (unpaired) electrons. The summed E-state index contributed by atoms with van der Waals surface area (Å²) in [6.07, 6.45) is 113. The topological polar surface area (TPSA) is 134 Å². The maximum atomic E-state index is 12.8. The molecule has 0 aliphatic carbocycles. The molecule has 0 spiro atoms. The predicted molar refractivity (Wildman–Crippen MR) is 403 cm³/mol. The van der Waals surface area contributed by atoms with E-state index in [9.17, 15) is 19.0 Å². The molecule has 0 aliphatic rings. The van der Waals surface area contributed by atoms with Gasteiger partial charge in [0.1, 0.15) is 6.61 Å². The summed E-state index contributed by atoms with van der Waals surface area (Å²) in [6.45, 7) is 3.53. The summed E-state index contributed by atoms with van der Waals surface area (Å²) in [4.78, 5) is 35.4. The molecule has 2 unspecified atom stereocenters. The third-order valence-corrected chi connectivity index (χ3v) is 16.6. The molecule has 0 aromatic carbocycles. The van der Waals surface area contributed by atoms with Crippen molar-refractivity contribution in [1.82, 2.24) is 0 Å². The molecule has 0 bridgehead atoms. The second-order valence-corrected chi connectivity index (χ2v) is 25.9. The second kappa shape index (κ2) is 76.4. The number of phosphoric acid groups is 1. The Bertz CT molecular complexity index is 2140. The zero-order chi connectivity index (χ0) is 67.2. The maximum absolute atomic E-state index is 12.8. The number of nitrogens with two attached hydrogens (primary N) is 1. The highest BCUT2D eigenvalue weighted by Crippen LogP contribution is 2.43. The van der Waals surface area contributed by atoms with E-state index in [2.05, 4.69) is 184 Å². The molecule has 0 aromatic rings. The van der Waals surface area contributed by atoms with E-state index >= 15 is 0 Å². The molecular weight excluding hydrogens is 1170 g/mol. The molecular formula is C83H138NO8P. The van der Waals surface area contributed by atoms with Crippen molar-refractivity contribution in [2.45, 2.75) is 315 Å². The standard InChI is InChI=1S/C83H138NO8P/c1-3-5-7-9-11-13-15-17-19-21-23-25-27-29-31-33-35-36-37-38-39-40-41-42-43-44-46-48-50-52-54-56-58-60-62-64-66-68-70-72-74-76-83(86)92-81(80-91-93(87,88)90-78-77-84)79-89-82(85)75-73-71-69-67-65-63-61-59-57-55-53-51-49-47-45-34-32-30-28-26-24-22-20-18-16-14-12-10-8-6-4-2/h5-8,11-14,17-20,23-26,29-32,35-36,38-39,41-42,44,46,81H,3-4,9-10,15-16,21-22,27-28,33-34,37,40,43,45,47-80,84H2,1-2H3,(H,87,88)/b7-5-,8-6-,13-11-,14-12-,19-17-,20-18-,25-23-,26-24-,31-29-,32-30-,36-35-,39-38-,42-41-,46-44-. The van der Waals surface area contributed by atoms with Gasteiger partial charge in [-0.3, -0.25) is 18.6 Å². The minimum absolute atomic E-state index is 0.0473. The summed E-state index contributed by atoms with van der Waals surface area (Å²) in [5.41, 5.74) is 5.41. The lowest BCUT2D eigenvalue weighted by Crippen LogP contribution is -2.29. The maximum Gasteiger partial charge on any atom is 0.472 e. The molecule has 0 amide bonds. The van der Waals surface area contributed by atoms with Crippen molar-refractivity contribution in [2.24, 2.45) is 5.73 Å². The number of unbranched alkanes of at least 4 members (excludes halogenated alkanes) is 28. The number of hydrogen-bond donors (Lipinski definition) is 2. The van der Waals surface area contributed by atoms with Crippen LogP contribution in [0.3, 0.4) is 0 Å². The van der Waals surface area contributed by atoms with Crippen LogP contribution in [0, 0.1) is 0 Å². The Morgan fingerprint density at radius 1 is 0.323 bits per heavy atom. The van der Waals surface area contributed by atoms with Crippen LogP contribution in [0.1, 0.15) is 309 Å². The van der Waals surface area contributed by atoms with E-state index in [1.807, 2.05) is 0 Å². The van der Waals surface area contributed by atoms with Crippen LogP contribution >= 0.6 is 7.82 Å². The Morgan fingerprint density at radius 2 is 0.559 bits per heavy atom. The molecule has 3 N–H and O–H groups in total. The summed E-state index contributed by atoms with van der Waals surface area (Å²) < 4.78 is 33.2. The summed E-state index contributed by atoms with van der Waals surface area (Å²) in [5.74, 6) is -0.829. The first kappa shape index (κ1) is 88.4. The van der Waals surface area contributed by atoms with Crippen molar-refractivity contribution in [3.05, 3.63) is 170 Å². The van der Waals surface area contributed by atoms with Crippen LogP contribution in [0.4, 0.5) is 0 Å². The van der Waals surface area contributed by atoms with E-state index in [1.165, 1.54) is 148 Å². The number of allylic oxidation sites excluding steroid dienone is 28. The minimum Gasteiger partial charge on any atom is -0.462 e. The Morgan fingerprint density at radius 3 is 0.828 bits per heavy atom. The van der Waals surface area contributed by atoms with E-state index < -0.39 is 26.5 Å². The zero-order valence-corrected chi connectivity index (χ0v) is 60.3. The van der Waals surface area contributed by atoms with Gasteiger partial charge in [0.2, 0.25) is 0 Å². The first-order chi connectivity index (χ1) is 45.8. The van der Waals surface area contributed by atoms with E-state index in [-0.39, 0.29) is 38.6 Å². The van der Waals surface area contributed by atoms with Crippen LogP contribution in [0.25, 0.3) is 0 Å². The van der Waals surface area contributed by atoms with Crippen molar-refractivity contribution in [2.75, 3.05) is 26.4 Å². The lowest BCUT2D eigenvalue weighted by atomic mass is 10.0. The molecule has 0 aromatic heterocycles. The zero-order valence-electron chi connectivity index (χ0n) is 59.4. The third kappa shape index (κ3) is 76.3. The van der Waals surface area contributed by atoms with Crippen LogP contribution in [-0.2, 0) is 32.7 Å². The van der Waals surface area contributed by atoms with Crippen molar-refractivity contribution in [3.63, 3.8) is 0 Å². The van der Waals surface area contributed by atoms with Gasteiger partial charge in [-0.2, -0.15) is 0 Å². The molecule has 2 atom stereocenters. The molecule has 0 fully saturated rings. The molecule has 10 heteroatoms. The number of hydrogen-bond acceptors (Lipinski definition) is 8. The van der Waals surface area contributed by atoms with Crippen LogP contribution in [0.5, 0.6) is 0 Å². The third-order valence-electron chi connectivity index (χ3n) is 15.6. The summed E-state index contributed by atoms with van der Waals surface area (Å²) in [6, 6.07) is 0. The van der Waals surface area contributed by atoms with Gasteiger partial charge in [-0.05, 0) is 128 Å². The van der Waals surface area contributed by atoms with Gasteiger partial charge in [0.15, 0.2) is 6.10 Å². The Balaban J connectivity index is 3.90. The number of ether oxygens (including phenoxy) is 2. The largest absolute Gasteiger partial charge is 0.472 e. The van der Waals surface area contributed by atoms with Gasteiger partial charge in [-0.15, -0.1) is 0 Å². The molecule has 0 aliphatic heterocycles. The number of esters is 2. The first-order valence-electron chi connectivity index (χ1n) is 37.6. The number of carbonyl (C=O) groups excluding carboxylic acids is 2. The quantitative estimate of drug-likeness (QED) is 0.0264. The lowest BCUT2D eigenvalue weighted by molar-refractivity contribution is -0.161. The van der Waals surface area contributed by atoms with Crippen LogP contribution in [0.15, 0.2) is 170 Å². The van der Waals surface area contributed by atoms with Gasteiger partial charge in [-0.1, -0.05) is 338 Å². The smallest absolute Gasteiger partial charge is 0.462 e. The van der Waals surface area contributed by atoms with Crippen LogP contribution in [-0.4, -0.2) is 49.3 Å². The lowest BCUT2D eigenvalue weighted by Gasteiger charge is -2.19. The Hall–Kier alpha value is -4.63. The van der Waals surface area contributed by atoms with Crippen LogP contribution < -0.4 is 5.73 Å². The van der Waals surface area contributed by atoms with Crippen molar-refractivity contribution < 1.29 is 37.6 Å². The summed E-state index contributed by atoms with van der Waals surface area (Å²) >= 11 is 0. The molecule has 0 heterocycles. The fourth-order valence-corrected chi connectivity index (χ4v) is 10.9. The molecule has 0 saturated carbocycles. The van der Waals surface area contributed by atoms with Gasteiger partial charge >= 0.3 is 19.8 Å². The van der Waals surface area contributed by atoms with Crippen molar-refractivity contribution >= 4 is 19.8 Å². The van der Waals surface area contributed by atoms with Crippen LogP contribution in [0.2, 0.25) is 0 Å². The van der Waals surface area contributed by atoms with E-state index in [1.54, 1.807) is 0 Å². The molecule has 528 valence electrons. The fourth-order valence-electron chi connectivity index (χ4n) is 10.1. The molecule has 93 heavy (non-hydrogen) atoms. The number of rotatable bonds is 69. The van der Waals surface area contributed by atoms with E-state index in [4.69, 9.17) is 24.3 Å². The monoisotopic (exact) mass is 1310 g/mol. The number of phosphoric ester groups is 1. The average molecular weight is 1310 g/mol. The van der Waals surface area contributed by atoms with Crippen molar-refractivity contribution in [3.8, 4) is 0 Å². The van der Waals surface area contributed by atoms with Gasteiger partial charge in [0, 0.05) is 19.4 Å². The molecule has 0 saturated heterocycles. The Labute approximate surface area is 571 Å². The first-order valence-corrected chi connectivity index (χ1v) is 39.1. The highest BCUT2D eigenvalue weighted by molar-refractivity contribution is 7.47. The van der Waals surface area contributed by atoms with E-state index in [0.717, 1.165) is 128 Å². The van der Waals surface area contributed by atoms with Gasteiger partial charge in [0.25, 0.3) is 0 Å². The minimum atomic E-state index is -4.41. The van der Waals surface area contributed by atoms with Gasteiger partial charge < -0.3 is 20.1 Å². The van der Waals surface area contributed by atoms with Gasteiger partial charge in [0.05, 0.1) is 13.2 Å². The average Bonchev–Trinajstić information content (AvgIpc) is 3.49. The fraction of sp³-hybridized carbons (Fsp3) is 0.639. The normalized spacial score (nSPS) is 13.9. The SMILES string of the molecule is CC/C=C\C/C=C\C/C=C\C/C=C\C/C=C\C/C=C\C/C=C\C/C=C\C/C=C\CCCCCCCCCCCCCCCC(=O)OC(COC(=O)CCCCCCCCCCCCCCCCC/C=C\C/C=C\C/C=C\C/C=C\C/C=C\CC)COP(=O)(O)OCCN. The predicted octanol–water partition coefficient (Wildman–Crippen LogP) is 25.3. The Kier molecular flexibility index (Phi) is 72.6. The molecule has 9 nitrogen and oxygen atoms in total. The number of carbonyl (C=O) groups is 2. The van der Waals surface area contributed by atoms with E-state index in [0.29, 0.717) is 6.42 Å². The highest BCUT2D eigenvalue weighted by atomic mass is 31.2. The van der Waals surface area contributed by atoms with Crippen molar-refractivity contribution in [1.29, 1.82) is 0 Å². The summed E-state index contributed by atoms with van der Waals surface area (Å²) in [5, 5.41) is 0. The second-order valence-electron chi connectivity index (χ2n) is 24.4.